The minimum atomic E-state index is -0.993. The van der Waals surface area contributed by atoms with E-state index in [1.165, 1.54) is 24.3 Å². The molecule has 1 atom stereocenters. The summed E-state index contributed by atoms with van der Waals surface area (Å²) in [6, 6.07) is 14.8. The first-order valence-electron chi connectivity index (χ1n) is 8.11. The highest BCUT2D eigenvalue weighted by molar-refractivity contribution is 5.91. The molecule has 1 aliphatic carbocycles. The van der Waals surface area contributed by atoms with E-state index in [1.807, 2.05) is 6.07 Å². The van der Waals surface area contributed by atoms with Crippen molar-refractivity contribution >= 4 is 18.0 Å². The highest BCUT2D eigenvalue weighted by Crippen LogP contribution is 2.23. The van der Waals surface area contributed by atoms with E-state index >= 15 is 0 Å². The van der Waals surface area contributed by atoms with Crippen LogP contribution in [0, 0.1) is 5.82 Å². The number of halogens is 1. The molecule has 1 saturated carbocycles. The third-order valence-electron chi connectivity index (χ3n) is 3.78. The van der Waals surface area contributed by atoms with E-state index < -0.39 is 12.1 Å². The van der Waals surface area contributed by atoms with Gasteiger partial charge in [0, 0.05) is 17.7 Å². The summed E-state index contributed by atoms with van der Waals surface area (Å²) in [5, 5.41) is 2.86. The fraction of sp³-hybridized carbons (Fsp3) is 0.200. The Morgan fingerprint density at radius 3 is 2.40 bits per heavy atom. The van der Waals surface area contributed by atoms with E-state index in [4.69, 9.17) is 4.74 Å². The summed E-state index contributed by atoms with van der Waals surface area (Å²) in [5.41, 5.74) is 1.28. The molecule has 3 rings (SSSR count). The maximum Gasteiger partial charge on any atom is 0.331 e. The average molecular weight is 339 g/mol. The van der Waals surface area contributed by atoms with Crippen LogP contribution in [-0.2, 0) is 14.3 Å². The highest BCUT2D eigenvalue weighted by Gasteiger charge is 2.30. The molecular weight excluding hydrogens is 321 g/mol. The fourth-order valence-electron chi connectivity index (χ4n) is 2.30. The van der Waals surface area contributed by atoms with Gasteiger partial charge in [-0.2, -0.15) is 0 Å². The Labute approximate surface area is 145 Å². The van der Waals surface area contributed by atoms with Crippen LogP contribution >= 0.6 is 0 Å². The van der Waals surface area contributed by atoms with Crippen molar-refractivity contribution in [2.45, 2.75) is 25.0 Å². The first kappa shape index (κ1) is 16.9. The van der Waals surface area contributed by atoms with Gasteiger partial charge in [-0.15, -0.1) is 0 Å². The van der Waals surface area contributed by atoms with Gasteiger partial charge in [-0.3, -0.25) is 4.79 Å². The number of amides is 1. The van der Waals surface area contributed by atoms with Crippen LogP contribution in [0.25, 0.3) is 6.08 Å². The van der Waals surface area contributed by atoms with Gasteiger partial charge in [-0.25, -0.2) is 9.18 Å². The number of carbonyl (C=O) groups is 2. The van der Waals surface area contributed by atoms with Crippen molar-refractivity contribution in [1.82, 2.24) is 5.32 Å². The van der Waals surface area contributed by atoms with E-state index in [2.05, 4.69) is 5.32 Å². The molecule has 2 aromatic rings. The molecule has 0 unspecified atom stereocenters. The van der Waals surface area contributed by atoms with Gasteiger partial charge in [-0.1, -0.05) is 42.5 Å². The average Bonchev–Trinajstić information content (AvgIpc) is 3.44. The monoisotopic (exact) mass is 339 g/mol. The van der Waals surface area contributed by atoms with Crippen LogP contribution < -0.4 is 5.32 Å². The number of carbonyl (C=O) groups excluding carboxylic acids is 2. The lowest BCUT2D eigenvalue weighted by atomic mass is 10.1. The van der Waals surface area contributed by atoms with Crippen LogP contribution in [-0.4, -0.2) is 17.9 Å². The molecule has 4 nitrogen and oxygen atoms in total. The topological polar surface area (TPSA) is 55.4 Å². The number of benzene rings is 2. The largest absolute Gasteiger partial charge is 0.444 e. The van der Waals surface area contributed by atoms with Crippen LogP contribution in [0.2, 0.25) is 0 Å². The number of hydrogen-bond donors (Lipinski definition) is 1. The van der Waals surface area contributed by atoms with Gasteiger partial charge in [0.1, 0.15) is 5.82 Å². The van der Waals surface area contributed by atoms with Gasteiger partial charge >= 0.3 is 5.97 Å². The molecule has 1 aliphatic rings. The first-order chi connectivity index (χ1) is 12.1. The molecule has 0 aliphatic heterocycles. The van der Waals surface area contributed by atoms with Gasteiger partial charge in [0.2, 0.25) is 6.10 Å². The zero-order valence-corrected chi connectivity index (χ0v) is 13.5. The molecule has 0 heterocycles. The lowest BCUT2D eigenvalue weighted by molar-refractivity contribution is -0.151. The lowest BCUT2D eigenvalue weighted by Gasteiger charge is -2.17. The number of hydrogen-bond acceptors (Lipinski definition) is 3. The van der Waals surface area contributed by atoms with Gasteiger partial charge in [-0.05, 0) is 36.6 Å². The second kappa shape index (κ2) is 7.75. The molecule has 0 spiro atoms. The number of esters is 1. The number of rotatable bonds is 6. The third kappa shape index (κ3) is 5.01. The molecule has 0 aromatic heterocycles. The summed E-state index contributed by atoms with van der Waals surface area (Å²) in [6.07, 6.45) is 3.65. The van der Waals surface area contributed by atoms with Crippen molar-refractivity contribution in [3.05, 3.63) is 77.6 Å². The van der Waals surface area contributed by atoms with Gasteiger partial charge in [0.25, 0.3) is 5.91 Å². The fourth-order valence-corrected chi connectivity index (χ4v) is 2.30. The Morgan fingerprint density at radius 2 is 1.76 bits per heavy atom. The predicted octanol–water partition coefficient (Wildman–Crippen LogP) is 3.40. The Kier molecular flexibility index (Phi) is 5.23. The van der Waals surface area contributed by atoms with Crippen molar-refractivity contribution < 1.29 is 18.7 Å². The van der Waals surface area contributed by atoms with Crippen LogP contribution in [0.1, 0.15) is 30.1 Å². The molecule has 1 N–H and O–H groups in total. The van der Waals surface area contributed by atoms with Crippen molar-refractivity contribution in [3.8, 4) is 0 Å². The van der Waals surface area contributed by atoms with Gasteiger partial charge in [0.05, 0.1) is 0 Å². The van der Waals surface area contributed by atoms with E-state index in [-0.39, 0.29) is 17.8 Å². The summed E-state index contributed by atoms with van der Waals surface area (Å²) in [7, 11) is 0. The second-order valence-corrected chi connectivity index (χ2v) is 5.90. The van der Waals surface area contributed by atoms with Crippen LogP contribution in [0.5, 0.6) is 0 Å². The van der Waals surface area contributed by atoms with Gasteiger partial charge < -0.3 is 10.1 Å². The molecule has 1 amide bonds. The van der Waals surface area contributed by atoms with Crippen molar-refractivity contribution in [3.63, 3.8) is 0 Å². The molecular formula is C20H18FNO3. The molecule has 0 bridgehead atoms. The quantitative estimate of drug-likeness (QED) is 0.648. The number of nitrogens with one attached hydrogen (secondary N) is 1. The predicted molar refractivity (Wildman–Crippen MR) is 91.9 cm³/mol. The smallest absolute Gasteiger partial charge is 0.331 e. The standard InChI is InChI=1S/C20H18FNO3/c21-16-9-6-14(7-10-16)8-13-18(23)25-19(15-4-2-1-3-5-15)20(24)22-17-11-12-17/h1-10,13,17,19H,11-12H2,(H,22,24)/b13-8+/t19-/m1/s1. The summed E-state index contributed by atoms with van der Waals surface area (Å²) >= 11 is 0. The van der Waals surface area contributed by atoms with Gasteiger partial charge in [0.15, 0.2) is 0 Å². The molecule has 5 heteroatoms. The third-order valence-corrected chi connectivity index (χ3v) is 3.78. The Bertz CT molecular complexity index is 767. The van der Waals surface area contributed by atoms with Crippen LogP contribution in [0.15, 0.2) is 60.7 Å². The number of ether oxygens (including phenoxy) is 1. The highest BCUT2D eigenvalue weighted by atomic mass is 19.1. The summed E-state index contributed by atoms with van der Waals surface area (Å²) in [4.78, 5) is 24.5. The van der Waals surface area contributed by atoms with E-state index in [0.717, 1.165) is 12.8 Å². The molecule has 2 aromatic carbocycles. The summed E-state index contributed by atoms with van der Waals surface area (Å²) in [5.74, 6) is -1.30. The Hall–Kier alpha value is -2.95. The molecule has 0 radical (unpaired) electrons. The molecule has 0 saturated heterocycles. The van der Waals surface area contributed by atoms with E-state index in [1.54, 1.807) is 36.4 Å². The normalized spacial score (nSPS) is 14.9. The minimum Gasteiger partial charge on any atom is -0.444 e. The van der Waals surface area contributed by atoms with Crippen molar-refractivity contribution in [2.24, 2.45) is 0 Å². The zero-order valence-electron chi connectivity index (χ0n) is 13.5. The summed E-state index contributed by atoms with van der Waals surface area (Å²) in [6.45, 7) is 0. The van der Waals surface area contributed by atoms with Crippen LogP contribution in [0.4, 0.5) is 4.39 Å². The molecule has 128 valence electrons. The first-order valence-corrected chi connectivity index (χ1v) is 8.11. The maximum atomic E-state index is 12.9. The Balaban J connectivity index is 1.69. The zero-order chi connectivity index (χ0) is 17.6. The van der Waals surface area contributed by atoms with Crippen molar-refractivity contribution in [1.29, 1.82) is 0 Å². The second-order valence-electron chi connectivity index (χ2n) is 5.90. The van der Waals surface area contributed by atoms with Crippen molar-refractivity contribution in [2.75, 3.05) is 0 Å². The Morgan fingerprint density at radius 1 is 1.08 bits per heavy atom. The molecule has 1 fully saturated rings. The van der Waals surface area contributed by atoms with Crippen LogP contribution in [0.3, 0.4) is 0 Å². The lowest BCUT2D eigenvalue weighted by Crippen LogP contribution is -2.33. The van der Waals surface area contributed by atoms with E-state index in [0.29, 0.717) is 11.1 Å². The minimum absolute atomic E-state index is 0.173. The summed E-state index contributed by atoms with van der Waals surface area (Å²) < 4.78 is 18.2. The SMILES string of the molecule is O=C(/C=C/c1ccc(F)cc1)O[C@@H](C(=O)NC1CC1)c1ccccc1. The van der Waals surface area contributed by atoms with E-state index in [9.17, 15) is 14.0 Å². The maximum absolute atomic E-state index is 12.9. The molecule has 25 heavy (non-hydrogen) atoms.